The molecule has 3 aromatic rings. The Bertz CT molecular complexity index is 997. The maximum atomic E-state index is 5.46. The van der Waals surface area contributed by atoms with Crippen molar-refractivity contribution in [2.45, 2.75) is 32.2 Å². The number of imidazole rings is 1. The van der Waals surface area contributed by atoms with Crippen LogP contribution in [0.2, 0.25) is 0 Å². The summed E-state index contributed by atoms with van der Waals surface area (Å²) in [6.45, 7) is 6.62. The Balaban J connectivity index is 0.00000306. The minimum atomic E-state index is 0. The number of methoxy groups -OCH3 is 1. The first-order chi connectivity index (χ1) is 15.8. The van der Waals surface area contributed by atoms with Crippen LogP contribution in [0.3, 0.4) is 0 Å². The molecule has 0 spiro atoms. The second kappa shape index (κ2) is 12.8. The van der Waals surface area contributed by atoms with E-state index < -0.39 is 0 Å². The third kappa shape index (κ3) is 6.83. The molecule has 4 rings (SSSR count). The van der Waals surface area contributed by atoms with Gasteiger partial charge in [0.2, 0.25) is 0 Å². The van der Waals surface area contributed by atoms with Crippen molar-refractivity contribution in [2.75, 3.05) is 39.8 Å². The van der Waals surface area contributed by atoms with E-state index in [9.17, 15) is 0 Å². The number of hydrogen-bond acceptors (Lipinski definition) is 4. The molecule has 8 heteroatoms. The zero-order valence-corrected chi connectivity index (χ0v) is 21.8. The van der Waals surface area contributed by atoms with Gasteiger partial charge < -0.3 is 20.4 Å². The quantitative estimate of drug-likeness (QED) is 0.208. The summed E-state index contributed by atoms with van der Waals surface area (Å²) < 4.78 is 5.46. The summed E-state index contributed by atoms with van der Waals surface area (Å²) in [5.41, 5.74) is 3.35. The van der Waals surface area contributed by atoms with Crippen LogP contribution in [0.25, 0.3) is 11.0 Å². The molecular weight excluding hydrogens is 527 g/mol. The van der Waals surface area contributed by atoms with Gasteiger partial charge in [-0.05, 0) is 62.7 Å². The summed E-state index contributed by atoms with van der Waals surface area (Å²) in [7, 11) is 1.72. The molecule has 0 bridgehead atoms. The fraction of sp³-hybridized carbons (Fsp3) is 0.440. The highest BCUT2D eigenvalue weighted by Crippen LogP contribution is 2.27. The van der Waals surface area contributed by atoms with Crippen LogP contribution in [0, 0.1) is 0 Å². The van der Waals surface area contributed by atoms with Crippen LogP contribution < -0.4 is 15.4 Å². The number of aliphatic imine (C=N–C) groups is 1. The van der Waals surface area contributed by atoms with Crippen molar-refractivity contribution in [3.8, 4) is 5.75 Å². The summed E-state index contributed by atoms with van der Waals surface area (Å²) >= 11 is 0. The van der Waals surface area contributed by atoms with Crippen LogP contribution >= 0.6 is 24.0 Å². The number of likely N-dealkylation sites (tertiary alicyclic amines) is 1. The number of halogens is 1. The molecule has 1 aromatic heterocycles. The molecule has 1 atom stereocenters. The Morgan fingerprint density at radius 3 is 2.73 bits per heavy atom. The average Bonchev–Trinajstić information content (AvgIpc) is 3.49. The van der Waals surface area contributed by atoms with E-state index in [1.165, 1.54) is 18.4 Å². The van der Waals surface area contributed by atoms with Crippen molar-refractivity contribution < 1.29 is 4.74 Å². The fourth-order valence-corrected chi connectivity index (χ4v) is 4.28. The summed E-state index contributed by atoms with van der Waals surface area (Å²) in [5, 5.41) is 6.85. The molecule has 1 saturated heterocycles. The van der Waals surface area contributed by atoms with Gasteiger partial charge in [0.15, 0.2) is 5.96 Å². The average molecular weight is 563 g/mol. The zero-order valence-electron chi connectivity index (χ0n) is 19.5. The minimum absolute atomic E-state index is 0. The number of ether oxygens (including phenoxy) is 1. The fourth-order valence-electron chi connectivity index (χ4n) is 4.28. The molecule has 7 nitrogen and oxygen atoms in total. The Morgan fingerprint density at radius 1 is 1.15 bits per heavy atom. The van der Waals surface area contributed by atoms with Gasteiger partial charge in [0, 0.05) is 19.5 Å². The SMILES string of the molecule is CCNC(=NCC(c1cccc(OC)c1)N1CCCC1)NCCc1nc2ccccc2[nH]1.I. The molecule has 2 aromatic carbocycles. The van der Waals surface area contributed by atoms with Gasteiger partial charge in [0.1, 0.15) is 11.6 Å². The van der Waals surface area contributed by atoms with Gasteiger partial charge in [-0.2, -0.15) is 0 Å². The van der Waals surface area contributed by atoms with Crippen molar-refractivity contribution in [1.29, 1.82) is 0 Å². The number of aromatic nitrogens is 2. The zero-order chi connectivity index (χ0) is 22.2. The van der Waals surface area contributed by atoms with Crippen molar-refractivity contribution >= 4 is 41.0 Å². The van der Waals surface area contributed by atoms with Crippen molar-refractivity contribution in [3.63, 3.8) is 0 Å². The number of fused-ring (bicyclic) bond motifs is 1. The number of nitrogens with zero attached hydrogens (tertiary/aromatic N) is 3. The standard InChI is InChI=1S/C25H34N6O.HI/c1-3-26-25(27-14-13-24-29-21-11-4-5-12-22(21)30-24)28-18-23(31-15-6-7-16-31)19-9-8-10-20(17-19)32-2;/h4-5,8-12,17,23H,3,6-7,13-16,18H2,1-2H3,(H,29,30)(H2,26,27,28);1H. The molecule has 1 unspecified atom stereocenters. The van der Waals surface area contributed by atoms with E-state index in [0.717, 1.165) is 61.2 Å². The highest BCUT2D eigenvalue weighted by Gasteiger charge is 2.23. The number of rotatable bonds is 9. The summed E-state index contributed by atoms with van der Waals surface area (Å²) in [5.74, 6) is 2.73. The third-order valence-corrected chi connectivity index (χ3v) is 5.92. The maximum absolute atomic E-state index is 5.46. The van der Waals surface area contributed by atoms with Crippen LogP contribution in [0.4, 0.5) is 0 Å². The predicted octanol–water partition coefficient (Wildman–Crippen LogP) is 4.12. The van der Waals surface area contributed by atoms with Crippen LogP contribution in [0.1, 0.15) is 37.2 Å². The molecule has 0 saturated carbocycles. The number of aromatic amines is 1. The van der Waals surface area contributed by atoms with Gasteiger partial charge in [0.05, 0.1) is 30.7 Å². The second-order valence-corrected chi connectivity index (χ2v) is 8.13. The normalized spacial score (nSPS) is 15.3. The first-order valence-corrected chi connectivity index (χ1v) is 11.6. The van der Waals surface area contributed by atoms with E-state index in [4.69, 9.17) is 9.73 Å². The monoisotopic (exact) mass is 562 g/mol. The summed E-state index contributed by atoms with van der Waals surface area (Å²) in [6.07, 6.45) is 3.31. The second-order valence-electron chi connectivity index (χ2n) is 8.13. The number of guanidine groups is 1. The molecular formula is C25H35IN6O. The lowest BCUT2D eigenvalue weighted by atomic mass is 10.1. The first kappa shape index (κ1) is 25.3. The summed E-state index contributed by atoms with van der Waals surface area (Å²) in [6, 6.07) is 16.8. The Morgan fingerprint density at radius 2 is 1.97 bits per heavy atom. The topological polar surface area (TPSA) is 77.6 Å². The molecule has 33 heavy (non-hydrogen) atoms. The number of hydrogen-bond donors (Lipinski definition) is 3. The molecule has 1 fully saturated rings. The molecule has 1 aliphatic heterocycles. The largest absolute Gasteiger partial charge is 0.497 e. The third-order valence-electron chi connectivity index (χ3n) is 5.92. The van der Waals surface area contributed by atoms with Gasteiger partial charge in [-0.3, -0.25) is 9.89 Å². The maximum Gasteiger partial charge on any atom is 0.191 e. The van der Waals surface area contributed by atoms with E-state index in [1.54, 1.807) is 7.11 Å². The molecule has 0 aliphatic carbocycles. The number of nitrogens with one attached hydrogen (secondary N) is 3. The highest BCUT2D eigenvalue weighted by molar-refractivity contribution is 14.0. The van der Waals surface area contributed by atoms with Crippen molar-refractivity contribution in [2.24, 2.45) is 4.99 Å². The number of H-pyrrole nitrogens is 1. The van der Waals surface area contributed by atoms with E-state index in [2.05, 4.69) is 56.7 Å². The predicted molar refractivity (Wildman–Crippen MR) is 146 cm³/mol. The molecule has 178 valence electrons. The molecule has 0 amide bonds. The lowest BCUT2D eigenvalue weighted by Gasteiger charge is -2.27. The van der Waals surface area contributed by atoms with Gasteiger partial charge in [-0.15, -0.1) is 24.0 Å². The Hall–Kier alpha value is -2.33. The van der Waals surface area contributed by atoms with Gasteiger partial charge >= 0.3 is 0 Å². The lowest BCUT2D eigenvalue weighted by molar-refractivity contribution is 0.251. The molecule has 1 aliphatic rings. The molecule has 0 radical (unpaired) electrons. The van der Waals surface area contributed by atoms with Gasteiger partial charge in [-0.25, -0.2) is 4.98 Å². The van der Waals surface area contributed by atoms with E-state index in [0.29, 0.717) is 6.54 Å². The number of para-hydroxylation sites is 2. The molecule has 2 heterocycles. The lowest BCUT2D eigenvalue weighted by Crippen LogP contribution is -2.39. The Labute approximate surface area is 213 Å². The summed E-state index contributed by atoms with van der Waals surface area (Å²) in [4.78, 5) is 15.5. The smallest absolute Gasteiger partial charge is 0.191 e. The van der Waals surface area contributed by atoms with Crippen LogP contribution in [0.5, 0.6) is 5.75 Å². The van der Waals surface area contributed by atoms with Crippen molar-refractivity contribution in [1.82, 2.24) is 25.5 Å². The van der Waals surface area contributed by atoms with Gasteiger partial charge in [-0.1, -0.05) is 24.3 Å². The van der Waals surface area contributed by atoms with E-state index in [-0.39, 0.29) is 30.0 Å². The van der Waals surface area contributed by atoms with E-state index >= 15 is 0 Å². The molecule has 3 N–H and O–H groups in total. The first-order valence-electron chi connectivity index (χ1n) is 11.6. The van der Waals surface area contributed by atoms with Crippen LogP contribution in [0.15, 0.2) is 53.5 Å². The van der Waals surface area contributed by atoms with Crippen LogP contribution in [-0.2, 0) is 6.42 Å². The van der Waals surface area contributed by atoms with Crippen LogP contribution in [-0.4, -0.2) is 60.7 Å². The Kier molecular flexibility index (Phi) is 9.80. The number of benzene rings is 2. The van der Waals surface area contributed by atoms with E-state index in [1.807, 2.05) is 24.3 Å². The minimum Gasteiger partial charge on any atom is -0.497 e. The highest BCUT2D eigenvalue weighted by atomic mass is 127. The van der Waals surface area contributed by atoms with Crippen molar-refractivity contribution in [3.05, 3.63) is 59.9 Å². The van der Waals surface area contributed by atoms with Gasteiger partial charge in [0.25, 0.3) is 0 Å².